The molecule has 7 heteroatoms. The van der Waals surface area contributed by atoms with Crippen LogP contribution in [0, 0.1) is 0 Å². The van der Waals surface area contributed by atoms with Crippen LogP contribution in [0.1, 0.15) is 16.1 Å². The van der Waals surface area contributed by atoms with Gasteiger partial charge in [-0.2, -0.15) is 10.2 Å². The Kier molecular flexibility index (Phi) is 4.18. The van der Waals surface area contributed by atoms with Gasteiger partial charge in [-0.1, -0.05) is 30.3 Å². The number of hydrogen-bond acceptors (Lipinski definition) is 4. The molecule has 7 nitrogen and oxygen atoms in total. The molecule has 2 aromatic carbocycles. The number of aromatic nitrogens is 3. The van der Waals surface area contributed by atoms with E-state index in [2.05, 4.69) is 20.7 Å². The van der Waals surface area contributed by atoms with Crippen LogP contribution in [0.15, 0.2) is 65.9 Å². The summed E-state index contributed by atoms with van der Waals surface area (Å²) in [6.45, 7) is 0. The molecule has 3 N–H and O–H groups in total. The Balaban J connectivity index is 1.53. The fourth-order valence-corrected chi connectivity index (χ4v) is 2.93. The fraction of sp³-hybridized carbons (Fsp3) is 0.0500. The lowest BCUT2D eigenvalue weighted by Gasteiger charge is -2.04. The number of aromatic amines is 1. The molecule has 2 aromatic heterocycles. The number of carbonyl (C=O) groups is 1. The number of aryl methyl sites for hydroxylation is 1. The molecular formula is C20H17N5O2. The predicted molar refractivity (Wildman–Crippen MR) is 104 cm³/mol. The summed E-state index contributed by atoms with van der Waals surface area (Å²) in [7, 11) is 1.91. The largest absolute Gasteiger partial charge is 0.507 e. The zero-order valence-electron chi connectivity index (χ0n) is 14.5. The summed E-state index contributed by atoms with van der Waals surface area (Å²) in [5.74, 6) is -0.321. The number of H-pyrrole nitrogens is 1. The van der Waals surface area contributed by atoms with E-state index < -0.39 is 5.91 Å². The molecule has 2 heterocycles. The highest BCUT2D eigenvalue weighted by molar-refractivity contribution is 6.03. The number of phenolic OH excluding ortho intramolecular Hbond substituents is 1. The lowest BCUT2D eigenvalue weighted by atomic mass is 10.0. The summed E-state index contributed by atoms with van der Waals surface area (Å²) >= 11 is 0. The number of rotatable bonds is 4. The molecule has 0 spiro atoms. The molecule has 27 heavy (non-hydrogen) atoms. The normalized spacial score (nSPS) is 11.3. The van der Waals surface area contributed by atoms with Crippen molar-refractivity contribution in [1.29, 1.82) is 0 Å². The highest BCUT2D eigenvalue weighted by Gasteiger charge is 2.12. The van der Waals surface area contributed by atoms with E-state index in [1.165, 1.54) is 6.21 Å². The lowest BCUT2D eigenvalue weighted by molar-refractivity contribution is 0.0950. The second kappa shape index (κ2) is 6.80. The van der Waals surface area contributed by atoms with Crippen molar-refractivity contribution in [2.24, 2.45) is 12.1 Å². The van der Waals surface area contributed by atoms with Crippen LogP contribution in [-0.2, 0) is 7.05 Å². The van der Waals surface area contributed by atoms with Gasteiger partial charge in [0.05, 0.1) is 11.9 Å². The quantitative estimate of drug-likeness (QED) is 0.386. The summed E-state index contributed by atoms with van der Waals surface area (Å²) < 4.78 is 1.92. The maximum atomic E-state index is 12.3. The van der Waals surface area contributed by atoms with Crippen LogP contribution >= 0.6 is 0 Å². The molecule has 0 aliphatic carbocycles. The molecule has 0 atom stereocenters. The van der Waals surface area contributed by atoms with E-state index in [9.17, 15) is 9.90 Å². The minimum atomic E-state index is -0.418. The van der Waals surface area contributed by atoms with E-state index in [1.807, 2.05) is 60.3 Å². The van der Waals surface area contributed by atoms with E-state index in [4.69, 9.17) is 0 Å². The SMILES string of the molecule is Cn1cccc1-c1cc(C(=O)N/N=C\c2c(O)ccc3ccccc23)[nH]n1. The van der Waals surface area contributed by atoms with E-state index in [0.717, 1.165) is 16.5 Å². The molecule has 0 radical (unpaired) electrons. The van der Waals surface area contributed by atoms with Crippen LogP contribution in [0.25, 0.3) is 22.2 Å². The molecule has 4 rings (SSSR count). The second-order valence-corrected chi connectivity index (χ2v) is 6.09. The van der Waals surface area contributed by atoms with Crippen molar-refractivity contribution in [3.05, 3.63) is 72.1 Å². The topological polar surface area (TPSA) is 95.3 Å². The smallest absolute Gasteiger partial charge is 0.289 e. The van der Waals surface area contributed by atoms with Crippen LogP contribution in [0.2, 0.25) is 0 Å². The summed E-state index contributed by atoms with van der Waals surface area (Å²) in [5.41, 5.74) is 4.86. The first kappa shape index (κ1) is 16.6. The fourth-order valence-electron chi connectivity index (χ4n) is 2.93. The number of hydrogen-bond donors (Lipinski definition) is 3. The standard InChI is InChI=1S/C20H17N5O2/c1-25-10-4-7-18(25)16-11-17(23-22-16)20(27)24-21-12-15-14-6-3-2-5-13(14)8-9-19(15)26/h2-12,26H,1H3,(H,22,23)(H,24,27)/b21-12-. The van der Waals surface area contributed by atoms with Crippen molar-refractivity contribution in [3.8, 4) is 17.1 Å². The second-order valence-electron chi connectivity index (χ2n) is 6.09. The highest BCUT2D eigenvalue weighted by atomic mass is 16.3. The Morgan fingerprint density at radius 3 is 2.89 bits per heavy atom. The van der Waals surface area contributed by atoms with E-state index >= 15 is 0 Å². The molecule has 0 fully saturated rings. The molecule has 0 aliphatic heterocycles. The Hall–Kier alpha value is -3.87. The molecule has 134 valence electrons. The zero-order valence-corrected chi connectivity index (χ0v) is 14.5. The Morgan fingerprint density at radius 2 is 2.07 bits per heavy atom. The van der Waals surface area contributed by atoms with Crippen molar-refractivity contribution in [1.82, 2.24) is 20.2 Å². The van der Waals surface area contributed by atoms with E-state index in [0.29, 0.717) is 17.0 Å². The predicted octanol–water partition coefficient (Wildman–Crippen LogP) is 3.04. The molecule has 0 bridgehead atoms. The third-order valence-electron chi connectivity index (χ3n) is 4.34. The summed E-state index contributed by atoms with van der Waals surface area (Å²) in [4.78, 5) is 12.3. The minimum Gasteiger partial charge on any atom is -0.507 e. The van der Waals surface area contributed by atoms with Crippen molar-refractivity contribution >= 4 is 22.9 Å². The average Bonchev–Trinajstić information content (AvgIpc) is 3.32. The Morgan fingerprint density at radius 1 is 1.22 bits per heavy atom. The van der Waals surface area contributed by atoms with Gasteiger partial charge in [-0.25, -0.2) is 5.43 Å². The number of hydrazone groups is 1. The maximum absolute atomic E-state index is 12.3. The van der Waals surface area contributed by atoms with Crippen LogP contribution in [-0.4, -0.2) is 32.0 Å². The Bertz CT molecular complexity index is 1160. The van der Waals surface area contributed by atoms with Gasteiger partial charge in [0.2, 0.25) is 0 Å². The molecule has 0 saturated carbocycles. The van der Waals surface area contributed by atoms with Crippen LogP contribution < -0.4 is 5.43 Å². The van der Waals surface area contributed by atoms with Crippen molar-refractivity contribution in [2.75, 3.05) is 0 Å². The van der Waals surface area contributed by atoms with Gasteiger partial charge in [-0.15, -0.1) is 0 Å². The highest BCUT2D eigenvalue weighted by Crippen LogP contribution is 2.25. The van der Waals surface area contributed by atoms with Gasteiger partial charge in [-0.05, 0) is 35.0 Å². The first-order valence-corrected chi connectivity index (χ1v) is 8.35. The molecule has 1 amide bonds. The van der Waals surface area contributed by atoms with Gasteiger partial charge in [-0.3, -0.25) is 9.89 Å². The van der Waals surface area contributed by atoms with E-state index in [-0.39, 0.29) is 5.75 Å². The van der Waals surface area contributed by atoms with Gasteiger partial charge in [0.15, 0.2) is 0 Å². The number of nitrogens with zero attached hydrogens (tertiary/aromatic N) is 3. The van der Waals surface area contributed by atoms with Gasteiger partial charge in [0.1, 0.15) is 17.1 Å². The lowest BCUT2D eigenvalue weighted by Crippen LogP contribution is -2.18. The monoisotopic (exact) mass is 359 g/mol. The molecule has 4 aromatic rings. The molecule has 0 saturated heterocycles. The minimum absolute atomic E-state index is 0.0965. The zero-order chi connectivity index (χ0) is 18.8. The summed E-state index contributed by atoms with van der Waals surface area (Å²) in [5, 5.41) is 22.8. The number of aromatic hydroxyl groups is 1. The van der Waals surface area contributed by atoms with Crippen molar-refractivity contribution in [2.45, 2.75) is 0 Å². The number of nitrogens with one attached hydrogen (secondary N) is 2. The van der Waals surface area contributed by atoms with Gasteiger partial charge in [0.25, 0.3) is 5.91 Å². The van der Waals surface area contributed by atoms with Crippen LogP contribution in [0.4, 0.5) is 0 Å². The third kappa shape index (κ3) is 3.18. The molecular weight excluding hydrogens is 342 g/mol. The van der Waals surface area contributed by atoms with Gasteiger partial charge >= 0.3 is 0 Å². The van der Waals surface area contributed by atoms with Crippen LogP contribution in [0.3, 0.4) is 0 Å². The van der Waals surface area contributed by atoms with E-state index in [1.54, 1.807) is 12.1 Å². The Labute approximate surface area is 155 Å². The van der Waals surface area contributed by atoms with Gasteiger partial charge < -0.3 is 9.67 Å². The number of phenols is 1. The molecule has 0 aliphatic rings. The summed E-state index contributed by atoms with van der Waals surface area (Å²) in [6.07, 6.45) is 3.34. The van der Waals surface area contributed by atoms with Crippen LogP contribution in [0.5, 0.6) is 5.75 Å². The average molecular weight is 359 g/mol. The maximum Gasteiger partial charge on any atom is 0.289 e. The first-order valence-electron chi connectivity index (χ1n) is 8.35. The number of carbonyl (C=O) groups excluding carboxylic acids is 1. The van der Waals surface area contributed by atoms with Crippen molar-refractivity contribution in [3.63, 3.8) is 0 Å². The van der Waals surface area contributed by atoms with Crippen molar-refractivity contribution < 1.29 is 9.90 Å². The summed E-state index contributed by atoms with van der Waals surface area (Å²) in [6, 6.07) is 16.6. The third-order valence-corrected chi connectivity index (χ3v) is 4.34. The number of fused-ring (bicyclic) bond motifs is 1. The first-order chi connectivity index (χ1) is 13.1. The van der Waals surface area contributed by atoms with Gasteiger partial charge in [0, 0.05) is 18.8 Å². The molecule has 0 unspecified atom stereocenters. The number of amides is 1. The number of benzene rings is 2.